The summed E-state index contributed by atoms with van der Waals surface area (Å²) >= 11 is 0. The molecule has 3 nitrogen and oxygen atoms in total. The van der Waals surface area contributed by atoms with Crippen LogP contribution in [-0.2, 0) is 0 Å². The van der Waals surface area contributed by atoms with Crippen LogP contribution < -0.4 is 5.32 Å². The Bertz CT molecular complexity index is 578. The fraction of sp³-hybridized carbons (Fsp3) is 0.333. The summed E-state index contributed by atoms with van der Waals surface area (Å²) < 4.78 is 0. The molecule has 0 bridgehead atoms. The molecule has 2 aromatic rings. The number of carbonyl (C=O) groups excluding carboxylic acids is 1. The van der Waals surface area contributed by atoms with E-state index >= 15 is 0 Å². The number of hydrogen-bond donors (Lipinski definition) is 1. The van der Waals surface area contributed by atoms with Gasteiger partial charge in [-0.3, -0.25) is 9.78 Å². The Balaban J connectivity index is 2.56. The molecular weight excluding hydrogens is 224 g/mol. The Kier molecular flexibility index (Phi) is 3.60. The van der Waals surface area contributed by atoms with Gasteiger partial charge in [-0.15, -0.1) is 0 Å². The molecule has 1 N–H and O–H groups in total. The number of benzene rings is 1. The number of rotatable bonds is 3. The minimum absolute atomic E-state index is 0.0707. The van der Waals surface area contributed by atoms with Gasteiger partial charge in [-0.2, -0.15) is 0 Å². The van der Waals surface area contributed by atoms with Crippen LogP contribution in [0.4, 0.5) is 0 Å². The first-order valence-electron chi connectivity index (χ1n) is 6.29. The van der Waals surface area contributed by atoms with E-state index in [1.54, 1.807) is 7.05 Å². The van der Waals surface area contributed by atoms with Crippen LogP contribution in [0, 0.1) is 0 Å². The molecule has 94 valence electrons. The van der Waals surface area contributed by atoms with Gasteiger partial charge in [0, 0.05) is 23.7 Å². The lowest BCUT2D eigenvalue weighted by Crippen LogP contribution is -2.18. The van der Waals surface area contributed by atoms with E-state index in [0.717, 1.165) is 23.0 Å². The molecule has 1 aromatic carbocycles. The van der Waals surface area contributed by atoms with Crippen molar-refractivity contribution >= 4 is 16.8 Å². The number of nitrogens with zero attached hydrogens (tertiary/aromatic N) is 1. The van der Waals surface area contributed by atoms with E-state index in [2.05, 4.69) is 24.1 Å². The number of fused-ring (bicyclic) bond motifs is 1. The first kappa shape index (κ1) is 12.6. The van der Waals surface area contributed by atoms with Crippen LogP contribution in [-0.4, -0.2) is 17.9 Å². The van der Waals surface area contributed by atoms with Gasteiger partial charge in [-0.05, 0) is 30.5 Å². The summed E-state index contributed by atoms with van der Waals surface area (Å²) in [5.41, 5.74) is 2.64. The van der Waals surface area contributed by atoms with Crippen molar-refractivity contribution in [3.8, 4) is 0 Å². The van der Waals surface area contributed by atoms with Crippen molar-refractivity contribution in [1.82, 2.24) is 10.3 Å². The molecule has 0 aliphatic carbocycles. The maximum Gasteiger partial charge on any atom is 0.251 e. The highest BCUT2D eigenvalue weighted by atomic mass is 16.1. The summed E-state index contributed by atoms with van der Waals surface area (Å²) in [6, 6.07) is 9.66. The summed E-state index contributed by atoms with van der Waals surface area (Å²) in [6.07, 6.45) is 1.06. The third-order valence-electron chi connectivity index (χ3n) is 3.34. The molecule has 0 fully saturated rings. The Morgan fingerprint density at radius 1 is 1.33 bits per heavy atom. The molecule has 0 spiro atoms. The zero-order valence-electron chi connectivity index (χ0n) is 11.0. The highest BCUT2D eigenvalue weighted by Crippen LogP contribution is 2.22. The van der Waals surface area contributed by atoms with E-state index in [-0.39, 0.29) is 5.91 Å². The molecule has 1 heterocycles. The van der Waals surface area contributed by atoms with E-state index in [4.69, 9.17) is 0 Å². The highest BCUT2D eigenvalue weighted by Gasteiger charge is 2.10. The van der Waals surface area contributed by atoms with Crippen molar-refractivity contribution in [3.05, 3.63) is 41.6 Å². The predicted octanol–water partition coefficient (Wildman–Crippen LogP) is 3.11. The summed E-state index contributed by atoms with van der Waals surface area (Å²) in [7, 11) is 1.64. The third-order valence-corrected chi connectivity index (χ3v) is 3.34. The third kappa shape index (κ3) is 2.21. The SMILES string of the molecule is CCC(C)c1ccc2c(C(=O)NC)cccc2n1. The van der Waals surface area contributed by atoms with E-state index in [0.29, 0.717) is 11.5 Å². The lowest BCUT2D eigenvalue weighted by atomic mass is 10.0. The van der Waals surface area contributed by atoms with Crippen molar-refractivity contribution in [2.75, 3.05) is 7.05 Å². The lowest BCUT2D eigenvalue weighted by Gasteiger charge is -2.10. The monoisotopic (exact) mass is 242 g/mol. The number of amides is 1. The van der Waals surface area contributed by atoms with Crippen LogP contribution in [0.1, 0.15) is 42.2 Å². The van der Waals surface area contributed by atoms with Gasteiger partial charge in [0.2, 0.25) is 0 Å². The second-order valence-electron chi connectivity index (χ2n) is 4.50. The first-order valence-corrected chi connectivity index (χ1v) is 6.29. The highest BCUT2D eigenvalue weighted by molar-refractivity contribution is 6.06. The maximum atomic E-state index is 11.8. The standard InChI is InChI=1S/C15H18N2O/c1-4-10(2)13-9-8-11-12(15(18)16-3)6-5-7-14(11)17-13/h5-10H,4H2,1-3H3,(H,16,18). The normalized spacial score (nSPS) is 12.4. The minimum atomic E-state index is -0.0707. The zero-order valence-corrected chi connectivity index (χ0v) is 11.0. The average molecular weight is 242 g/mol. The molecule has 0 saturated heterocycles. The number of nitrogens with one attached hydrogen (secondary N) is 1. The van der Waals surface area contributed by atoms with Crippen molar-refractivity contribution in [1.29, 1.82) is 0 Å². The first-order chi connectivity index (χ1) is 8.67. The summed E-state index contributed by atoms with van der Waals surface area (Å²) in [6.45, 7) is 4.31. The fourth-order valence-corrected chi connectivity index (χ4v) is 1.99. The minimum Gasteiger partial charge on any atom is -0.355 e. The van der Waals surface area contributed by atoms with Crippen molar-refractivity contribution in [2.45, 2.75) is 26.2 Å². The Hall–Kier alpha value is -1.90. The van der Waals surface area contributed by atoms with Crippen LogP contribution in [0.5, 0.6) is 0 Å². The summed E-state index contributed by atoms with van der Waals surface area (Å²) in [5.74, 6) is 0.372. The van der Waals surface area contributed by atoms with Gasteiger partial charge in [0.05, 0.1) is 5.52 Å². The van der Waals surface area contributed by atoms with Crippen LogP contribution in [0.15, 0.2) is 30.3 Å². The van der Waals surface area contributed by atoms with Crippen molar-refractivity contribution in [2.24, 2.45) is 0 Å². The molecule has 1 aromatic heterocycles. The Labute approximate surface area is 107 Å². The molecule has 0 aliphatic rings. The fourth-order valence-electron chi connectivity index (χ4n) is 1.99. The van der Waals surface area contributed by atoms with Crippen molar-refractivity contribution < 1.29 is 4.79 Å². The second-order valence-corrected chi connectivity index (χ2v) is 4.50. The molecule has 18 heavy (non-hydrogen) atoms. The van der Waals surface area contributed by atoms with Gasteiger partial charge in [-0.1, -0.05) is 26.0 Å². The Morgan fingerprint density at radius 3 is 2.78 bits per heavy atom. The summed E-state index contributed by atoms with van der Waals surface area (Å²) in [4.78, 5) is 16.4. The van der Waals surface area contributed by atoms with Crippen LogP contribution >= 0.6 is 0 Å². The van der Waals surface area contributed by atoms with E-state index in [9.17, 15) is 4.79 Å². The second kappa shape index (κ2) is 5.17. The zero-order chi connectivity index (χ0) is 13.1. The number of aromatic nitrogens is 1. The molecule has 0 saturated carbocycles. The van der Waals surface area contributed by atoms with Gasteiger partial charge in [-0.25, -0.2) is 0 Å². The molecule has 3 heteroatoms. The smallest absolute Gasteiger partial charge is 0.251 e. The van der Waals surface area contributed by atoms with Gasteiger partial charge in [0.15, 0.2) is 0 Å². The maximum absolute atomic E-state index is 11.8. The topological polar surface area (TPSA) is 42.0 Å². The molecule has 1 atom stereocenters. The van der Waals surface area contributed by atoms with Crippen LogP contribution in [0.2, 0.25) is 0 Å². The van der Waals surface area contributed by atoms with Gasteiger partial charge < -0.3 is 5.32 Å². The molecular formula is C15H18N2O. The van der Waals surface area contributed by atoms with E-state index in [1.165, 1.54) is 0 Å². The molecule has 1 amide bonds. The average Bonchev–Trinajstić information content (AvgIpc) is 2.44. The van der Waals surface area contributed by atoms with Gasteiger partial charge in [0.1, 0.15) is 0 Å². The van der Waals surface area contributed by atoms with Gasteiger partial charge in [0.25, 0.3) is 5.91 Å². The number of hydrogen-bond acceptors (Lipinski definition) is 2. The summed E-state index contributed by atoms with van der Waals surface area (Å²) in [5, 5.41) is 3.56. The van der Waals surface area contributed by atoms with Crippen molar-refractivity contribution in [3.63, 3.8) is 0 Å². The molecule has 0 radical (unpaired) electrons. The predicted molar refractivity (Wildman–Crippen MR) is 73.8 cm³/mol. The lowest BCUT2D eigenvalue weighted by molar-refractivity contribution is 0.0964. The Morgan fingerprint density at radius 2 is 2.11 bits per heavy atom. The number of carbonyl (C=O) groups is 1. The molecule has 1 unspecified atom stereocenters. The quantitative estimate of drug-likeness (QED) is 0.898. The van der Waals surface area contributed by atoms with Gasteiger partial charge >= 0.3 is 0 Å². The van der Waals surface area contributed by atoms with Crippen LogP contribution in [0.25, 0.3) is 10.9 Å². The largest absolute Gasteiger partial charge is 0.355 e. The van der Waals surface area contributed by atoms with Crippen LogP contribution in [0.3, 0.4) is 0 Å². The molecule has 0 aliphatic heterocycles. The van der Waals surface area contributed by atoms with E-state index in [1.807, 2.05) is 30.3 Å². The number of pyridine rings is 1. The van der Waals surface area contributed by atoms with E-state index < -0.39 is 0 Å². The molecule has 2 rings (SSSR count).